The second-order valence-electron chi connectivity index (χ2n) is 5.92. The van der Waals surface area contributed by atoms with Crippen molar-refractivity contribution < 1.29 is 9.53 Å². The number of carbonyl (C=O) groups is 1. The van der Waals surface area contributed by atoms with Gasteiger partial charge in [0.25, 0.3) is 0 Å². The van der Waals surface area contributed by atoms with E-state index in [9.17, 15) is 4.79 Å². The van der Waals surface area contributed by atoms with E-state index in [2.05, 4.69) is 5.32 Å². The number of carbonyl (C=O) groups excluding carboxylic acids is 1. The van der Waals surface area contributed by atoms with E-state index in [1.807, 2.05) is 48.5 Å². The average molecular weight is 330 g/mol. The molecule has 0 aromatic heterocycles. The summed E-state index contributed by atoms with van der Waals surface area (Å²) in [5.74, 6) is 0.924. The molecule has 4 heteroatoms. The van der Waals surface area contributed by atoms with Crippen LogP contribution in [0.3, 0.4) is 0 Å². The van der Waals surface area contributed by atoms with E-state index in [1.54, 1.807) is 7.11 Å². The lowest BCUT2D eigenvalue weighted by atomic mass is 9.95. The molecule has 3 rings (SSSR count). The molecule has 1 amide bonds. The van der Waals surface area contributed by atoms with Gasteiger partial charge in [-0.05, 0) is 48.6 Å². The number of hydrogen-bond donors (Lipinski definition) is 1. The molecule has 0 spiro atoms. The van der Waals surface area contributed by atoms with Crippen molar-refractivity contribution in [3.05, 3.63) is 64.7 Å². The van der Waals surface area contributed by atoms with Crippen molar-refractivity contribution in [1.29, 1.82) is 0 Å². The molecule has 0 heterocycles. The van der Waals surface area contributed by atoms with E-state index in [4.69, 9.17) is 16.3 Å². The zero-order valence-corrected chi connectivity index (χ0v) is 13.9. The lowest BCUT2D eigenvalue weighted by molar-refractivity contribution is -0.123. The molecule has 0 atom stereocenters. The zero-order valence-electron chi connectivity index (χ0n) is 13.1. The molecule has 1 N–H and O–H groups in total. The van der Waals surface area contributed by atoms with E-state index in [0.717, 1.165) is 30.6 Å². The van der Waals surface area contributed by atoms with Crippen LogP contribution in [0.2, 0.25) is 5.02 Å². The Kier molecular flexibility index (Phi) is 4.58. The van der Waals surface area contributed by atoms with Gasteiger partial charge in [-0.15, -0.1) is 0 Å². The third kappa shape index (κ3) is 3.35. The summed E-state index contributed by atoms with van der Waals surface area (Å²) in [4.78, 5) is 12.6. The molecule has 3 nitrogen and oxygen atoms in total. The second-order valence-corrected chi connectivity index (χ2v) is 6.32. The third-order valence-electron chi connectivity index (χ3n) is 4.43. The fourth-order valence-corrected chi connectivity index (χ4v) is 3.19. The summed E-state index contributed by atoms with van der Waals surface area (Å²) in [6, 6.07) is 15.5. The molecule has 120 valence electrons. The average Bonchev–Trinajstić information content (AvgIpc) is 3.37. The number of hydrogen-bond acceptors (Lipinski definition) is 2. The largest absolute Gasteiger partial charge is 0.497 e. The number of rotatable bonds is 6. The van der Waals surface area contributed by atoms with Gasteiger partial charge in [-0.1, -0.05) is 41.9 Å². The van der Waals surface area contributed by atoms with Gasteiger partial charge in [0, 0.05) is 11.6 Å². The lowest BCUT2D eigenvalue weighted by Gasteiger charge is -2.17. The number of methoxy groups -OCH3 is 1. The van der Waals surface area contributed by atoms with Crippen LogP contribution in [0, 0.1) is 0 Å². The Morgan fingerprint density at radius 1 is 1.17 bits per heavy atom. The fourth-order valence-electron chi connectivity index (χ4n) is 2.87. The highest BCUT2D eigenvalue weighted by Gasteiger charge is 2.52. The maximum atomic E-state index is 12.6. The van der Waals surface area contributed by atoms with Gasteiger partial charge in [-0.3, -0.25) is 4.79 Å². The summed E-state index contributed by atoms with van der Waals surface area (Å²) < 4.78 is 5.14. The Labute approximate surface area is 141 Å². The summed E-state index contributed by atoms with van der Waals surface area (Å²) in [7, 11) is 1.65. The summed E-state index contributed by atoms with van der Waals surface area (Å²) in [6.45, 7) is 0.622. The van der Waals surface area contributed by atoms with Crippen LogP contribution in [0.25, 0.3) is 0 Å². The quantitative estimate of drug-likeness (QED) is 0.876. The van der Waals surface area contributed by atoms with Gasteiger partial charge in [0.15, 0.2) is 0 Å². The van der Waals surface area contributed by atoms with E-state index in [-0.39, 0.29) is 5.91 Å². The molecule has 0 saturated heterocycles. The monoisotopic (exact) mass is 329 g/mol. The third-order valence-corrected chi connectivity index (χ3v) is 4.76. The first-order valence-electron chi connectivity index (χ1n) is 7.82. The van der Waals surface area contributed by atoms with Crippen molar-refractivity contribution in [3.63, 3.8) is 0 Å². The van der Waals surface area contributed by atoms with Crippen LogP contribution in [0.15, 0.2) is 48.5 Å². The minimum atomic E-state index is -0.418. The Balaban J connectivity index is 1.58. The number of ether oxygens (including phenoxy) is 1. The van der Waals surface area contributed by atoms with Gasteiger partial charge in [0.1, 0.15) is 5.75 Å². The molecule has 1 aliphatic rings. The number of benzene rings is 2. The van der Waals surface area contributed by atoms with E-state index >= 15 is 0 Å². The van der Waals surface area contributed by atoms with Gasteiger partial charge in [-0.2, -0.15) is 0 Å². The molecule has 1 aliphatic carbocycles. The molecule has 0 aliphatic heterocycles. The van der Waals surface area contributed by atoms with Gasteiger partial charge < -0.3 is 10.1 Å². The summed E-state index contributed by atoms with van der Waals surface area (Å²) >= 11 is 6.26. The first-order chi connectivity index (χ1) is 11.2. The van der Waals surface area contributed by atoms with Gasteiger partial charge in [-0.25, -0.2) is 0 Å². The fraction of sp³-hybridized carbons (Fsp3) is 0.316. The molecule has 1 fully saturated rings. The molecule has 2 aromatic rings. The topological polar surface area (TPSA) is 38.3 Å². The number of nitrogens with one attached hydrogen (secondary N) is 1. The Bertz CT molecular complexity index is 693. The van der Waals surface area contributed by atoms with Crippen molar-refractivity contribution in [3.8, 4) is 5.75 Å². The number of amides is 1. The Morgan fingerprint density at radius 2 is 1.87 bits per heavy atom. The molecular formula is C19H20ClNO2. The van der Waals surface area contributed by atoms with Gasteiger partial charge >= 0.3 is 0 Å². The van der Waals surface area contributed by atoms with E-state index in [1.165, 1.54) is 5.56 Å². The molecule has 23 heavy (non-hydrogen) atoms. The van der Waals surface area contributed by atoms with Crippen LogP contribution >= 0.6 is 11.6 Å². The summed E-state index contributed by atoms with van der Waals surface area (Å²) in [6.07, 6.45) is 2.53. The summed E-state index contributed by atoms with van der Waals surface area (Å²) in [5, 5.41) is 3.74. The van der Waals surface area contributed by atoms with Crippen LogP contribution < -0.4 is 10.1 Å². The maximum Gasteiger partial charge on any atom is 0.230 e. The van der Waals surface area contributed by atoms with Crippen molar-refractivity contribution >= 4 is 17.5 Å². The maximum absolute atomic E-state index is 12.6. The zero-order chi connectivity index (χ0) is 16.3. The highest BCUT2D eigenvalue weighted by molar-refractivity contribution is 6.31. The standard InChI is InChI=1S/C19H20ClNO2/c1-23-15-8-6-14(7-9-15)10-13-21-18(22)19(11-12-19)16-4-2-3-5-17(16)20/h2-9H,10-13H2,1H3,(H,21,22). The van der Waals surface area contributed by atoms with Crippen LogP contribution in [-0.2, 0) is 16.6 Å². The smallest absolute Gasteiger partial charge is 0.230 e. The van der Waals surface area contributed by atoms with Gasteiger partial charge in [0.2, 0.25) is 5.91 Å². The Morgan fingerprint density at radius 3 is 2.48 bits per heavy atom. The van der Waals surface area contributed by atoms with Crippen LogP contribution in [0.1, 0.15) is 24.0 Å². The first-order valence-corrected chi connectivity index (χ1v) is 8.20. The molecule has 2 aromatic carbocycles. The lowest BCUT2D eigenvalue weighted by Crippen LogP contribution is -2.36. The second kappa shape index (κ2) is 6.63. The van der Waals surface area contributed by atoms with Crippen molar-refractivity contribution in [1.82, 2.24) is 5.32 Å². The van der Waals surface area contributed by atoms with Crippen molar-refractivity contribution in [2.24, 2.45) is 0 Å². The predicted molar refractivity (Wildman–Crippen MR) is 92.1 cm³/mol. The van der Waals surface area contributed by atoms with Crippen LogP contribution in [-0.4, -0.2) is 19.6 Å². The van der Waals surface area contributed by atoms with E-state index in [0.29, 0.717) is 11.6 Å². The molecule has 0 bridgehead atoms. The normalized spacial score (nSPS) is 15.0. The van der Waals surface area contributed by atoms with Crippen LogP contribution in [0.4, 0.5) is 0 Å². The minimum absolute atomic E-state index is 0.0825. The molecular weight excluding hydrogens is 310 g/mol. The Hall–Kier alpha value is -2.00. The first kappa shape index (κ1) is 15.9. The SMILES string of the molecule is COc1ccc(CCNC(=O)C2(c3ccccc3Cl)CC2)cc1. The van der Waals surface area contributed by atoms with Crippen molar-refractivity contribution in [2.75, 3.05) is 13.7 Å². The number of halogens is 1. The molecule has 1 saturated carbocycles. The van der Waals surface area contributed by atoms with Crippen molar-refractivity contribution in [2.45, 2.75) is 24.7 Å². The predicted octanol–water partition coefficient (Wildman–Crippen LogP) is 3.74. The molecule has 0 radical (unpaired) electrons. The highest BCUT2D eigenvalue weighted by atomic mass is 35.5. The van der Waals surface area contributed by atoms with Crippen LogP contribution in [0.5, 0.6) is 5.75 Å². The highest BCUT2D eigenvalue weighted by Crippen LogP contribution is 2.50. The summed E-state index contributed by atoms with van der Waals surface area (Å²) in [5.41, 5.74) is 1.70. The van der Waals surface area contributed by atoms with Gasteiger partial charge in [0.05, 0.1) is 12.5 Å². The minimum Gasteiger partial charge on any atom is -0.497 e. The molecule has 0 unspecified atom stereocenters. The van der Waals surface area contributed by atoms with E-state index < -0.39 is 5.41 Å².